The molecule has 1 fully saturated rings. The largest absolute Gasteiger partial charge is 0.457 e. The second kappa shape index (κ2) is 4.56. The van der Waals surface area contributed by atoms with Crippen molar-refractivity contribution in [1.29, 1.82) is 0 Å². The average Bonchev–Trinajstić information content (AvgIpc) is 2.08. The maximum atomic E-state index is 13.1. The zero-order valence-electron chi connectivity index (χ0n) is 7.70. The van der Waals surface area contributed by atoms with Gasteiger partial charge in [-0.3, -0.25) is 0 Å². The second-order valence-electron chi connectivity index (χ2n) is 3.45. The molecular formula is C9H15FO3. The summed E-state index contributed by atoms with van der Waals surface area (Å²) in [5, 5.41) is 8.84. The van der Waals surface area contributed by atoms with Crippen LogP contribution in [-0.2, 0) is 9.53 Å². The number of carbonyl (C=O) groups excluding carboxylic acids is 1. The van der Waals surface area contributed by atoms with E-state index in [9.17, 15) is 9.18 Å². The van der Waals surface area contributed by atoms with Gasteiger partial charge < -0.3 is 9.84 Å². The Morgan fingerprint density at radius 1 is 1.54 bits per heavy atom. The first-order chi connectivity index (χ1) is 6.11. The lowest BCUT2D eigenvalue weighted by Crippen LogP contribution is -2.34. The maximum absolute atomic E-state index is 13.1. The van der Waals surface area contributed by atoms with E-state index in [1.165, 1.54) is 6.92 Å². The maximum Gasteiger partial charge on any atom is 0.335 e. The fraction of sp³-hybridized carbons (Fsp3) is 0.889. The van der Waals surface area contributed by atoms with Gasteiger partial charge in [-0.2, -0.15) is 0 Å². The Morgan fingerprint density at radius 3 is 2.69 bits per heavy atom. The molecule has 0 radical (unpaired) electrons. The molecule has 3 atom stereocenters. The van der Waals surface area contributed by atoms with E-state index >= 15 is 0 Å². The summed E-state index contributed by atoms with van der Waals surface area (Å²) in [4.78, 5) is 10.9. The van der Waals surface area contributed by atoms with Crippen LogP contribution in [0.3, 0.4) is 0 Å². The number of hydrogen-bond donors (Lipinski definition) is 1. The first kappa shape index (κ1) is 10.4. The SMILES string of the molecule is C[C@@H](O)C(=O)OC1CCCCC1F. The average molecular weight is 190 g/mol. The predicted octanol–water partition coefficient (Wildman–Crippen LogP) is 1.19. The third-order valence-electron chi connectivity index (χ3n) is 2.23. The molecule has 0 aliphatic heterocycles. The Hall–Kier alpha value is -0.640. The minimum absolute atomic E-state index is 0.456. The molecule has 1 saturated carbocycles. The first-order valence-corrected chi connectivity index (χ1v) is 4.64. The van der Waals surface area contributed by atoms with Gasteiger partial charge in [0.15, 0.2) is 0 Å². The van der Waals surface area contributed by atoms with E-state index in [0.717, 1.165) is 12.8 Å². The summed E-state index contributed by atoms with van der Waals surface area (Å²) in [5.74, 6) is -0.727. The lowest BCUT2D eigenvalue weighted by Gasteiger charge is -2.25. The van der Waals surface area contributed by atoms with Crippen molar-refractivity contribution >= 4 is 5.97 Å². The minimum Gasteiger partial charge on any atom is -0.457 e. The van der Waals surface area contributed by atoms with Crippen molar-refractivity contribution in [3.63, 3.8) is 0 Å². The van der Waals surface area contributed by atoms with Gasteiger partial charge in [-0.1, -0.05) is 6.42 Å². The van der Waals surface area contributed by atoms with Crippen molar-refractivity contribution in [1.82, 2.24) is 0 Å². The number of halogens is 1. The van der Waals surface area contributed by atoms with Gasteiger partial charge in [0.25, 0.3) is 0 Å². The number of aliphatic hydroxyl groups is 1. The molecule has 0 aromatic carbocycles. The molecule has 0 aromatic rings. The van der Waals surface area contributed by atoms with Crippen LogP contribution in [0.25, 0.3) is 0 Å². The summed E-state index contributed by atoms with van der Waals surface area (Å²) in [6, 6.07) is 0. The van der Waals surface area contributed by atoms with E-state index in [1.54, 1.807) is 0 Å². The molecule has 0 spiro atoms. The van der Waals surface area contributed by atoms with Gasteiger partial charge in [-0.05, 0) is 26.2 Å². The van der Waals surface area contributed by atoms with E-state index in [1.807, 2.05) is 0 Å². The highest BCUT2D eigenvalue weighted by Crippen LogP contribution is 2.23. The normalized spacial score (nSPS) is 31.0. The van der Waals surface area contributed by atoms with Gasteiger partial charge in [0.05, 0.1) is 0 Å². The van der Waals surface area contributed by atoms with Crippen molar-refractivity contribution in [2.45, 2.75) is 51.0 Å². The molecule has 1 N–H and O–H groups in total. The third-order valence-corrected chi connectivity index (χ3v) is 2.23. The van der Waals surface area contributed by atoms with Crippen molar-refractivity contribution in [3.05, 3.63) is 0 Å². The highest BCUT2D eigenvalue weighted by molar-refractivity contribution is 5.74. The Bertz CT molecular complexity index is 182. The molecule has 0 heterocycles. The topological polar surface area (TPSA) is 46.5 Å². The van der Waals surface area contributed by atoms with E-state index < -0.39 is 24.3 Å². The lowest BCUT2D eigenvalue weighted by molar-refractivity contribution is -0.163. The van der Waals surface area contributed by atoms with E-state index in [0.29, 0.717) is 12.8 Å². The summed E-state index contributed by atoms with van der Waals surface area (Å²) in [7, 11) is 0. The van der Waals surface area contributed by atoms with Crippen LogP contribution in [0.1, 0.15) is 32.6 Å². The fourth-order valence-electron chi connectivity index (χ4n) is 1.43. The lowest BCUT2D eigenvalue weighted by atomic mass is 9.96. The van der Waals surface area contributed by atoms with E-state index in [-0.39, 0.29) is 0 Å². The number of carbonyl (C=O) groups is 1. The smallest absolute Gasteiger partial charge is 0.335 e. The molecule has 76 valence electrons. The van der Waals surface area contributed by atoms with Gasteiger partial charge >= 0.3 is 5.97 Å². The molecule has 1 aliphatic carbocycles. The third kappa shape index (κ3) is 2.95. The monoisotopic (exact) mass is 190 g/mol. The van der Waals surface area contributed by atoms with Gasteiger partial charge in [-0.25, -0.2) is 9.18 Å². The molecule has 1 aliphatic rings. The van der Waals surface area contributed by atoms with Gasteiger partial charge in [0.2, 0.25) is 0 Å². The Kier molecular flexibility index (Phi) is 3.66. The van der Waals surface area contributed by atoms with Crippen LogP contribution in [0.2, 0.25) is 0 Å². The molecule has 0 amide bonds. The van der Waals surface area contributed by atoms with Crippen molar-refractivity contribution in [2.75, 3.05) is 0 Å². The summed E-state index contributed by atoms with van der Waals surface area (Å²) in [6.07, 6.45) is -0.0964. The molecule has 0 bridgehead atoms. The number of esters is 1. The Labute approximate surface area is 76.9 Å². The van der Waals surface area contributed by atoms with Crippen LogP contribution in [0.4, 0.5) is 4.39 Å². The quantitative estimate of drug-likeness (QED) is 0.665. The second-order valence-corrected chi connectivity index (χ2v) is 3.45. The van der Waals surface area contributed by atoms with Gasteiger partial charge in [0, 0.05) is 0 Å². The summed E-state index contributed by atoms with van der Waals surface area (Å²) in [5.41, 5.74) is 0. The molecule has 0 aromatic heterocycles. The minimum atomic E-state index is -1.16. The fourth-order valence-corrected chi connectivity index (χ4v) is 1.43. The molecule has 1 rings (SSSR count). The van der Waals surface area contributed by atoms with Crippen molar-refractivity contribution in [3.8, 4) is 0 Å². The molecular weight excluding hydrogens is 175 g/mol. The molecule has 4 heteroatoms. The van der Waals surface area contributed by atoms with E-state index in [4.69, 9.17) is 9.84 Å². The standard InChI is InChI=1S/C9H15FO3/c1-6(11)9(12)13-8-5-3-2-4-7(8)10/h6-8,11H,2-5H2,1H3/t6-,7?,8?/m1/s1. The summed E-state index contributed by atoms with van der Waals surface area (Å²) in [6.45, 7) is 1.32. The van der Waals surface area contributed by atoms with Crippen molar-refractivity contribution < 1.29 is 19.0 Å². The van der Waals surface area contributed by atoms with Crippen LogP contribution >= 0.6 is 0 Å². The highest BCUT2D eigenvalue weighted by Gasteiger charge is 2.28. The van der Waals surface area contributed by atoms with Crippen LogP contribution in [-0.4, -0.2) is 29.5 Å². The highest BCUT2D eigenvalue weighted by atomic mass is 19.1. The first-order valence-electron chi connectivity index (χ1n) is 4.64. The molecule has 2 unspecified atom stereocenters. The summed E-state index contributed by atoms with van der Waals surface area (Å²) >= 11 is 0. The van der Waals surface area contributed by atoms with Gasteiger partial charge in [0.1, 0.15) is 18.4 Å². The number of ether oxygens (including phenoxy) is 1. The van der Waals surface area contributed by atoms with Crippen LogP contribution in [0.15, 0.2) is 0 Å². The van der Waals surface area contributed by atoms with Crippen LogP contribution < -0.4 is 0 Å². The zero-order valence-corrected chi connectivity index (χ0v) is 7.70. The number of alkyl halides is 1. The number of rotatable bonds is 2. The molecule has 0 saturated heterocycles. The number of hydrogen-bond acceptors (Lipinski definition) is 3. The summed E-state index contributed by atoms with van der Waals surface area (Å²) < 4.78 is 17.9. The zero-order chi connectivity index (χ0) is 9.84. The molecule has 13 heavy (non-hydrogen) atoms. The van der Waals surface area contributed by atoms with Crippen LogP contribution in [0, 0.1) is 0 Å². The van der Waals surface area contributed by atoms with Crippen LogP contribution in [0.5, 0.6) is 0 Å². The van der Waals surface area contributed by atoms with E-state index in [2.05, 4.69) is 0 Å². The Morgan fingerprint density at radius 2 is 2.15 bits per heavy atom. The van der Waals surface area contributed by atoms with Gasteiger partial charge in [-0.15, -0.1) is 0 Å². The number of aliphatic hydroxyl groups excluding tert-OH is 1. The molecule has 3 nitrogen and oxygen atoms in total. The Balaban J connectivity index is 2.38. The van der Waals surface area contributed by atoms with Crippen molar-refractivity contribution in [2.24, 2.45) is 0 Å². The predicted molar refractivity (Wildman–Crippen MR) is 44.9 cm³/mol.